The van der Waals surface area contributed by atoms with Crippen LogP contribution >= 0.6 is 0 Å². The maximum Gasteiger partial charge on any atom is 0.119 e. The maximum atomic E-state index is 8.71. The van der Waals surface area contributed by atoms with Crippen molar-refractivity contribution in [3.05, 3.63) is 29.8 Å². The van der Waals surface area contributed by atoms with Crippen LogP contribution in [-0.2, 0) is 0 Å². The summed E-state index contributed by atoms with van der Waals surface area (Å²) in [5.41, 5.74) is 1.36. The largest absolute Gasteiger partial charge is 0.493 e. The van der Waals surface area contributed by atoms with Gasteiger partial charge in [-0.25, -0.2) is 0 Å². The number of aliphatic hydroxyl groups is 1. The molecule has 0 aliphatic carbocycles. The van der Waals surface area contributed by atoms with Crippen molar-refractivity contribution in [2.45, 2.75) is 25.2 Å². The van der Waals surface area contributed by atoms with Gasteiger partial charge in [0.15, 0.2) is 0 Å². The summed E-state index contributed by atoms with van der Waals surface area (Å²) in [5, 5.41) is 12.1. The van der Waals surface area contributed by atoms with Crippen LogP contribution < -0.4 is 10.1 Å². The van der Waals surface area contributed by atoms with E-state index in [-0.39, 0.29) is 6.61 Å². The summed E-state index contributed by atoms with van der Waals surface area (Å²) in [6.45, 7) is 2.98. The summed E-state index contributed by atoms with van der Waals surface area (Å²) in [6, 6.07) is 8.35. The zero-order valence-corrected chi connectivity index (χ0v) is 10.2. The lowest BCUT2D eigenvalue weighted by Gasteiger charge is -2.23. The molecular formula is C14H21NO2. The molecule has 1 aromatic carbocycles. The van der Waals surface area contributed by atoms with Crippen LogP contribution in [0.3, 0.4) is 0 Å². The Bertz CT molecular complexity index is 335. The highest BCUT2D eigenvalue weighted by molar-refractivity contribution is 5.31. The highest BCUT2D eigenvalue weighted by Crippen LogP contribution is 2.26. The summed E-state index contributed by atoms with van der Waals surface area (Å²) in [5.74, 6) is 1.53. The third kappa shape index (κ3) is 3.72. The Morgan fingerprint density at radius 2 is 2.35 bits per heavy atom. The summed E-state index contributed by atoms with van der Waals surface area (Å²) < 4.78 is 5.60. The molecule has 1 aliphatic rings. The minimum Gasteiger partial charge on any atom is -0.493 e. The number of aliphatic hydroxyl groups excluding tert-OH is 1. The SMILES string of the molecule is OCCCOc1cccc(C2CCCNC2)c1. The van der Waals surface area contributed by atoms with Gasteiger partial charge in [0.25, 0.3) is 0 Å². The molecule has 1 heterocycles. The molecule has 2 rings (SSSR count). The van der Waals surface area contributed by atoms with Gasteiger partial charge in [-0.3, -0.25) is 0 Å². The van der Waals surface area contributed by atoms with Gasteiger partial charge in [-0.1, -0.05) is 12.1 Å². The fraction of sp³-hybridized carbons (Fsp3) is 0.571. The molecule has 0 spiro atoms. The molecule has 0 saturated carbocycles. The van der Waals surface area contributed by atoms with E-state index in [1.165, 1.54) is 18.4 Å². The van der Waals surface area contributed by atoms with Gasteiger partial charge >= 0.3 is 0 Å². The second-order valence-corrected chi connectivity index (χ2v) is 4.54. The Balaban J connectivity index is 1.95. The fourth-order valence-electron chi connectivity index (χ4n) is 2.25. The predicted molar refractivity (Wildman–Crippen MR) is 68.5 cm³/mol. The Kier molecular flexibility index (Phi) is 4.83. The standard InChI is InChI=1S/C14H21NO2/c16-8-3-9-17-14-6-1-4-12(10-14)13-5-2-7-15-11-13/h1,4,6,10,13,15-16H,2-3,5,7-9,11H2. The van der Waals surface area contributed by atoms with Crippen LogP contribution in [0.5, 0.6) is 5.75 Å². The van der Waals surface area contributed by atoms with Gasteiger partial charge in [0.05, 0.1) is 6.61 Å². The summed E-state index contributed by atoms with van der Waals surface area (Å²) in [6.07, 6.45) is 3.20. The zero-order chi connectivity index (χ0) is 11.9. The Labute approximate surface area is 103 Å². The average Bonchev–Trinajstić information content (AvgIpc) is 2.41. The van der Waals surface area contributed by atoms with Crippen LogP contribution in [0.15, 0.2) is 24.3 Å². The van der Waals surface area contributed by atoms with E-state index in [2.05, 4.69) is 23.5 Å². The highest BCUT2D eigenvalue weighted by Gasteiger charge is 2.15. The van der Waals surface area contributed by atoms with Crippen molar-refractivity contribution in [1.82, 2.24) is 5.32 Å². The Morgan fingerprint density at radius 3 is 3.12 bits per heavy atom. The molecule has 1 fully saturated rings. The Morgan fingerprint density at radius 1 is 1.41 bits per heavy atom. The van der Waals surface area contributed by atoms with E-state index >= 15 is 0 Å². The molecule has 2 N–H and O–H groups in total. The monoisotopic (exact) mass is 235 g/mol. The van der Waals surface area contributed by atoms with Gasteiger partial charge in [-0.05, 0) is 43.0 Å². The van der Waals surface area contributed by atoms with Crippen LogP contribution in [0, 0.1) is 0 Å². The number of benzene rings is 1. The summed E-state index contributed by atoms with van der Waals surface area (Å²) in [7, 11) is 0. The molecule has 0 aromatic heterocycles. The number of hydrogen-bond acceptors (Lipinski definition) is 3. The van der Waals surface area contributed by atoms with Gasteiger partial charge in [-0.15, -0.1) is 0 Å². The minimum atomic E-state index is 0.187. The topological polar surface area (TPSA) is 41.5 Å². The molecular weight excluding hydrogens is 214 g/mol. The second-order valence-electron chi connectivity index (χ2n) is 4.54. The van der Waals surface area contributed by atoms with E-state index < -0.39 is 0 Å². The number of nitrogens with one attached hydrogen (secondary N) is 1. The molecule has 1 unspecified atom stereocenters. The lowest BCUT2D eigenvalue weighted by molar-refractivity contribution is 0.233. The van der Waals surface area contributed by atoms with E-state index in [9.17, 15) is 0 Å². The molecule has 3 nitrogen and oxygen atoms in total. The third-order valence-corrected chi connectivity index (χ3v) is 3.20. The highest BCUT2D eigenvalue weighted by atomic mass is 16.5. The molecule has 0 amide bonds. The van der Waals surface area contributed by atoms with Gasteiger partial charge in [-0.2, -0.15) is 0 Å². The first-order chi connectivity index (χ1) is 8.40. The molecule has 1 aliphatic heterocycles. The number of hydrogen-bond donors (Lipinski definition) is 2. The van der Waals surface area contributed by atoms with Crippen molar-refractivity contribution in [3.8, 4) is 5.75 Å². The number of piperidine rings is 1. The van der Waals surface area contributed by atoms with E-state index in [4.69, 9.17) is 9.84 Å². The van der Waals surface area contributed by atoms with Crippen LogP contribution in [0.2, 0.25) is 0 Å². The van der Waals surface area contributed by atoms with Gasteiger partial charge in [0, 0.05) is 19.6 Å². The normalized spacial score (nSPS) is 20.2. The van der Waals surface area contributed by atoms with Crippen LogP contribution in [-0.4, -0.2) is 31.4 Å². The van der Waals surface area contributed by atoms with Crippen molar-refractivity contribution in [2.24, 2.45) is 0 Å². The minimum absolute atomic E-state index is 0.187. The summed E-state index contributed by atoms with van der Waals surface area (Å²) in [4.78, 5) is 0. The molecule has 1 aromatic rings. The first-order valence-corrected chi connectivity index (χ1v) is 6.44. The molecule has 94 valence electrons. The van der Waals surface area contributed by atoms with Crippen molar-refractivity contribution >= 4 is 0 Å². The van der Waals surface area contributed by atoms with Crippen LogP contribution in [0.4, 0.5) is 0 Å². The van der Waals surface area contributed by atoms with Crippen molar-refractivity contribution in [3.63, 3.8) is 0 Å². The smallest absolute Gasteiger partial charge is 0.119 e. The maximum absolute atomic E-state index is 8.71. The Hall–Kier alpha value is -1.06. The third-order valence-electron chi connectivity index (χ3n) is 3.20. The van der Waals surface area contributed by atoms with Crippen molar-refractivity contribution in [1.29, 1.82) is 0 Å². The van der Waals surface area contributed by atoms with E-state index in [0.29, 0.717) is 18.9 Å². The van der Waals surface area contributed by atoms with E-state index in [1.807, 2.05) is 6.07 Å². The van der Waals surface area contributed by atoms with Crippen LogP contribution in [0.1, 0.15) is 30.7 Å². The molecule has 1 atom stereocenters. The first kappa shape index (κ1) is 12.4. The van der Waals surface area contributed by atoms with Gasteiger partial charge in [0.1, 0.15) is 5.75 Å². The average molecular weight is 235 g/mol. The van der Waals surface area contributed by atoms with E-state index in [0.717, 1.165) is 18.8 Å². The lowest BCUT2D eigenvalue weighted by atomic mass is 9.92. The predicted octanol–water partition coefficient (Wildman–Crippen LogP) is 1.91. The molecule has 0 radical (unpaired) electrons. The lowest BCUT2D eigenvalue weighted by Crippen LogP contribution is -2.28. The molecule has 17 heavy (non-hydrogen) atoms. The van der Waals surface area contributed by atoms with Crippen molar-refractivity contribution < 1.29 is 9.84 Å². The van der Waals surface area contributed by atoms with E-state index in [1.54, 1.807) is 0 Å². The fourth-order valence-corrected chi connectivity index (χ4v) is 2.25. The second kappa shape index (κ2) is 6.62. The van der Waals surface area contributed by atoms with Crippen molar-refractivity contribution in [2.75, 3.05) is 26.3 Å². The molecule has 0 bridgehead atoms. The first-order valence-electron chi connectivity index (χ1n) is 6.44. The van der Waals surface area contributed by atoms with Gasteiger partial charge in [0.2, 0.25) is 0 Å². The van der Waals surface area contributed by atoms with Crippen LogP contribution in [0.25, 0.3) is 0 Å². The number of ether oxygens (including phenoxy) is 1. The zero-order valence-electron chi connectivity index (χ0n) is 10.2. The molecule has 1 saturated heterocycles. The quantitative estimate of drug-likeness (QED) is 0.766. The van der Waals surface area contributed by atoms with Gasteiger partial charge < -0.3 is 15.2 Å². The number of rotatable bonds is 5. The summed E-state index contributed by atoms with van der Waals surface area (Å²) >= 11 is 0. The molecule has 3 heteroatoms.